The second-order valence-electron chi connectivity index (χ2n) is 6.45. The number of hydrogen-bond donors (Lipinski definition) is 2. The lowest BCUT2D eigenvalue weighted by atomic mass is 9.87. The van der Waals surface area contributed by atoms with Crippen LogP contribution in [0.15, 0.2) is 53.6 Å². The lowest BCUT2D eigenvalue weighted by Gasteiger charge is -2.19. The van der Waals surface area contributed by atoms with Crippen LogP contribution >= 0.6 is 0 Å². The van der Waals surface area contributed by atoms with Crippen molar-refractivity contribution in [2.75, 3.05) is 6.61 Å². The van der Waals surface area contributed by atoms with Crippen LogP contribution < -0.4 is 10.2 Å². The maximum Gasteiger partial charge on any atom is 0.277 e. The summed E-state index contributed by atoms with van der Waals surface area (Å²) in [5.41, 5.74) is 4.45. The fraction of sp³-hybridized carbons (Fsp3) is 0.263. The predicted octanol–water partition coefficient (Wildman–Crippen LogP) is 3.22. The van der Waals surface area contributed by atoms with Crippen LogP contribution in [0.1, 0.15) is 31.9 Å². The Bertz CT molecular complexity index is 699. The molecule has 0 saturated carbocycles. The molecule has 2 rings (SSSR count). The number of phenolic OH excluding ortho intramolecular Hbond substituents is 1. The van der Waals surface area contributed by atoms with Gasteiger partial charge in [-0.3, -0.25) is 4.79 Å². The van der Waals surface area contributed by atoms with E-state index in [1.165, 1.54) is 11.8 Å². The highest BCUT2D eigenvalue weighted by atomic mass is 16.5. The van der Waals surface area contributed by atoms with Crippen LogP contribution in [-0.2, 0) is 10.2 Å². The average molecular weight is 326 g/mol. The van der Waals surface area contributed by atoms with Crippen LogP contribution in [0.3, 0.4) is 0 Å². The van der Waals surface area contributed by atoms with Crippen molar-refractivity contribution in [1.29, 1.82) is 0 Å². The molecule has 5 heteroatoms. The number of carbonyl (C=O) groups is 1. The van der Waals surface area contributed by atoms with Gasteiger partial charge in [0.15, 0.2) is 6.61 Å². The Morgan fingerprint density at radius 3 is 2.33 bits per heavy atom. The van der Waals surface area contributed by atoms with E-state index >= 15 is 0 Å². The molecule has 5 nitrogen and oxygen atoms in total. The van der Waals surface area contributed by atoms with E-state index in [1.807, 2.05) is 24.3 Å². The number of phenols is 1. The molecule has 0 bridgehead atoms. The summed E-state index contributed by atoms with van der Waals surface area (Å²) < 4.78 is 5.43. The first-order valence-electron chi connectivity index (χ1n) is 7.69. The third-order valence-corrected chi connectivity index (χ3v) is 3.39. The summed E-state index contributed by atoms with van der Waals surface area (Å²) in [5, 5.41) is 13.0. The quantitative estimate of drug-likeness (QED) is 0.654. The number of benzene rings is 2. The SMILES string of the molecule is CC(C)(C)c1ccc(OCC(=O)NN=Cc2ccc(O)cc2)cc1. The minimum atomic E-state index is -0.343. The monoisotopic (exact) mass is 326 g/mol. The number of carbonyl (C=O) groups excluding carboxylic acids is 1. The Morgan fingerprint density at radius 2 is 1.75 bits per heavy atom. The van der Waals surface area contributed by atoms with Crippen molar-refractivity contribution >= 4 is 12.1 Å². The molecule has 0 heterocycles. The van der Waals surface area contributed by atoms with E-state index in [0.29, 0.717) is 5.75 Å². The molecule has 0 unspecified atom stereocenters. The number of rotatable bonds is 5. The van der Waals surface area contributed by atoms with E-state index in [9.17, 15) is 9.90 Å². The van der Waals surface area contributed by atoms with E-state index in [1.54, 1.807) is 24.3 Å². The fourth-order valence-corrected chi connectivity index (χ4v) is 1.97. The molecule has 0 aliphatic carbocycles. The van der Waals surface area contributed by atoms with E-state index in [0.717, 1.165) is 5.56 Å². The van der Waals surface area contributed by atoms with E-state index in [-0.39, 0.29) is 23.7 Å². The van der Waals surface area contributed by atoms with Gasteiger partial charge in [0, 0.05) is 0 Å². The van der Waals surface area contributed by atoms with Crippen LogP contribution in [0, 0.1) is 0 Å². The number of ether oxygens (including phenoxy) is 1. The molecule has 0 atom stereocenters. The Kier molecular flexibility index (Phi) is 5.58. The van der Waals surface area contributed by atoms with Gasteiger partial charge in [0.1, 0.15) is 11.5 Å². The zero-order valence-electron chi connectivity index (χ0n) is 14.1. The van der Waals surface area contributed by atoms with Crippen molar-refractivity contribution < 1.29 is 14.6 Å². The lowest BCUT2D eigenvalue weighted by molar-refractivity contribution is -0.123. The van der Waals surface area contributed by atoms with E-state index in [2.05, 4.69) is 31.3 Å². The van der Waals surface area contributed by atoms with Gasteiger partial charge in [0.05, 0.1) is 6.21 Å². The predicted molar refractivity (Wildman–Crippen MR) is 94.5 cm³/mol. The summed E-state index contributed by atoms with van der Waals surface area (Å²) >= 11 is 0. The summed E-state index contributed by atoms with van der Waals surface area (Å²) in [4.78, 5) is 11.7. The summed E-state index contributed by atoms with van der Waals surface area (Å²) in [6, 6.07) is 14.2. The van der Waals surface area contributed by atoms with Crippen molar-refractivity contribution in [3.05, 3.63) is 59.7 Å². The zero-order chi connectivity index (χ0) is 17.6. The normalized spacial score (nSPS) is 11.5. The van der Waals surface area contributed by atoms with Gasteiger partial charge in [0.25, 0.3) is 5.91 Å². The van der Waals surface area contributed by atoms with Gasteiger partial charge >= 0.3 is 0 Å². The molecule has 2 aromatic carbocycles. The number of nitrogens with one attached hydrogen (secondary N) is 1. The number of nitrogens with zero attached hydrogens (tertiary/aromatic N) is 1. The van der Waals surface area contributed by atoms with Gasteiger partial charge in [-0.1, -0.05) is 32.9 Å². The molecule has 0 radical (unpaired) electrons. The Labute approximate surface area is 142 Å². The van der Waals surface area contributed by atoms with E-state index < -0.39 is 0 Å². The van der Waals surface area contributed by atoms with Crippen LogP contribution in [0.4, 0.5) is 0 Å². The van der Waals surface area contributed by atoms with E-state index in [4.69, 9.17) is 4.74 Å². The van der Waals surface area contributed by atoms with Crippen LogP contribution in [-0.4, -0.2) is 23.8 Å². The second kappa shape index (κ2) is 7.64. The maximum atomic E-state index is 11.7. The Morgan fingerprint density at radius 1 is 1.12 bits per heavy atom. The molecule has 0 fully saturated rings. The highest BCUT2D eigenvalue weighted by Gasteiger charge is 2.13. The molecular formula is C19H22N2O3. The maximum absolute atomic E-state index is 11.7. The van der Waals surface area contributed by atoms with Crippen molar-refractivity contribution in [2.24, 2.45) is 5.10 Å². The standard InChI is InChI=1S/C19H22N2O3/c1-19(2,3)15-6-10-17(11-7-15)24-13-18(23)21-20-12-14-4-8-16(22)9-5-14/h4-12,22H,13H2,1-3H3,(H,21,23). The summed E-state index contributed by atoms with van der Waals surface area (Å²) in [6.07, 6.45) is 1.50. The van der Waals surface area contributed by atoms with Crippen LogP contribution in [0.2, 0.25) is 0 Å². The van der Waals surface area contributed by atoms with Gasteiger partial charge in [-0.15, -0.1) is 0 Å². The first-order valence-corrected chi connectivity index (χ1v) is 7.69. The molecule has 0 spiro atoms. The molecule has 24 heavy (non-hydrogen) atoms. The average Bonchev–Trinajstić information content (AvgIpc) is 2.54. The molecule has 1 amide bonds. The number of hydrazone groups is 1. The molecular weight excluding hydrogens is 304 g/mol. The highest BCUT2D eigenvalue weighted by molar-refractivity contribution is 5.83. The van der Waals surface area contributed by atoms with Gasteiger partial charge < -0.3 is 9.84 Å². The summed E-state index contributed by atoms with van der Waals surface area (Å²) in [6.45, 7) is 6.31. The van der Waals surface area contributed by atoms with Gasteiger partial charge in [-0.25, -0.2) is 5.43 Å². The molecule has 0 aliphatic heterocycles. The Hall–Kier alpha value is -2.82. The molecule has 126 valence electrons. The number of hydrogen-bond acceptors (Lipinski definition) is 4. The van der Waals surface area contributed by atoms with Gasteiger partial charge in [0.2, 0.25) is 0 Å². The highest BCUT2D eigenvalue weighted by Crippen LogP contribution is 2.24. The minimum absolute atomic E-state index is 0.0822. The van der Waals surface area contributed by atoms with Crippen LogP contribution in [0.5, 0.6) is 11.5 Å². The van der Waals surface area contributed by atoms with Crippen LogP contribution in [0.25, 0.3) is 0 Å². The summed E-state index contributed by atoms with van der Waals surface area (Å²) in [7, 11) is 0. The van der Waals surface area contributed by atoms with Crippen molar-refractivity contribution in [2.45, 2.75) is 26.2 Å². The Balaban J connectivity index is 1.79. The third kappa shape index (κ3) is 5.43. The molecule has 2 N–H and O–H groups in total. The molecule has 0 aromatic heterocycles. The number of aromatic hydroxyl groups is 1. The minimum Gasteiger partial charge on any atom is -0.508 e. The van der Waals surface area contributed by atoms with Crippen molar-refractivity contribution in [3.8, 4) is 11.5 Å². The molecule has 0 saturated heterocycles. The zero-order valence-corrected chi connectivity index (χ0v) is 14.1. The van der Waals surface area contributed by atoms with Crippen molar-refractivity contribution in [1.82, 2.24) is 5.43 Å². The smallest absolute Gasteiger partial charge is 0.277 e. The largest absolute Gasteiger partial charge is 0.508 e. The molecule has 2 aromatic rings. The third-order valence-electron chi connectivity index (χ3n) is 3.39. The lowest BCUT2D eigenvalue weighted by Crippen LogP contribution is -2.24. The first-order chi connectivity index (χ1) is 11.3. The first kappa shape index (κ1) is 17.5. The van der Waals surface area contributed by atoms with Gasteiger partial charge in [-0.2, -0.15) is 5.10 Å². The topological polar surface area (TPSA) is 70.9 Å². The fourth-order valence-electron chi connectivity index (χ4n) is 1.97. The second-order valence-corrected chi connectivity index (χ2v) is 6.45. The van der Waals surface area contributed by atoms with Gasteiger partial charge in [-0.05, 0) is 52.9 Å². The summed E-state index contributed by atoms with van der Waals surface area (Å²) in [5.74, 6) is 0.479. The number of amides is 1. The molecule has 0 aliphatic rings. The van der Waals surface area contributed by atoms with Crippen molar-refractivity contribution in [3.63, 3.8) is 0 Å².